The number of aromatic amines is 1. The first-order valence-corrected chi connectivity index (χ1v) is 8.57. The van der Waals surface area contributed by atoms with Crippen molar-refractivity contribution in [3.63, 3.8) is 0 Å². The van der Waals surface area contributed by atoms with E-state index in [2.05, 4.69) is 55.2 Å². The van der Waals surface area contributed by atoms with Gasteiger partial charge >= 0.3 is 0 Å². The van der Waals surface area contributed by atoms with E-state index in [4.69, 9.17) is 4.42 Å². The molecule has 0 spiro atoms. The van der Waals surface area contributed by atoms with Crippen LogP contribution in [0.3, 0.4) is 0 Å². The zero-order chi connectivity index (χ0) is 16.8. The van der Waals surface area contributed by atoms with E-state index in [0.29, 0.717) is 24.0 Å². The quantitative estimate of drug-likeness (QED) is 0.472. The Kier molecular flexibility index (Phi) is 5.27. The first kappa shape index (κ1) is 16.3. The molecule has 1 atom stereocenters. The molecule has 3 heterocycles. The van der Waals surface area contributed by atoms with Crippen molar-refractivity contribution < 1.29 is 4.42 Å². The van der Waals surface area contributed by atoms with Gasteiger partial charge in [0.15, 0.2) is 11.7 Å². The van der Waals surface area contributed by atoms with E-state index in [1.807, 2.05) is 12.1 Å². The van der Waals surface area contributed by atoms with Gasteiger partial charge in [-0.25, -0.2) is 4.98 Å². The van der Waals surface area contributed by atoms with Gasteiger partial charge in [0.05, 0.1) is 12.8 Å². The van der Waals surface area contributed by atoms with Crippen LogP contribution in [0.5, 0.6) is 0 Å². The molecular weight excluding hydrogens is 324 g/mol. The van der Waals surface area contributed by atoms with Gasteiger partial charge in [-0.15, -0.1) is 16.4 Å². The zero-order valence-corrected chi connectivity index (χ0v) is 14.4. The van der Waals surface area contributed by atoms with Crippen molar-refractivity contribution in [1.82, 2.24) is 25.8 Å². The second kappa shape index (κ2) is 7.78. The third kappa shape index (κ3) is 4.02. The average Bonchev–Trinajstić information content (AvgIpc) is 3.35. The average molecular weight is 344 g/mol. The van der Waals surface area contributed by atoms with Crippen molar-refractivity contribution in [3.8, 4) is 11.6 Å². The molecule has 3 rings (SSSR count). The second-order valence-electron chi connectivity index (χ2n) is 5.31. The van der Waals surface area contributed by atoms with Crippen molar-refractivity contribution in [3.05, 3.63) is 46.6 Å². The summed E-state index contributed by atoms with van der Waals surface area (Å²) < 4.78 is 5.28. The van der Waals surface area contributed by atoms with E-state index in [1.54, 1.807) is 24.6 Å². The molecule has 0 fully saturated rings. The van der Waals surface area contributed by atoms with Gasteiger partial charge in [-0.2, -0.15) is 0 Å². The minimum atomic E-state index is 0.430. The molecule has 7 nitrogen and oxygen atoms in total. The Morgan fingerprint density at radius 1 is 1.38 bits per heavy atom. The lowest BCUT2D eigenvalue weighted by molar-refractivity contribution is 0.577. The predicted molar refractivity (Wildman–Crippen MR) is 95.0 cm³/mol. The maximum absolute atomic E-state index is 5.28. The Hall–Kier alpha value is -2.61. The zero-order valence-electron chi connectivity index (χ0n) is 13.6. The smallest absolute Gasteiger partial charge is 0.216 e. The summed E-state index contributed by atoms with van der Waals surface area (Å²) in [7, 11) is 1.75. The van der Waals surface area contributed by atoms with Crippen LogP contribution in [0.2, 0.25) is 0 Å². The van der Waals surface area contributed by atoms with Crippen LogP contribution in [0.15, 0.2) is 45.3 Å². The molecule has 0 saturated carbocycles. The molecule has 126 valence electrons. The molecule has 0 saturated heterocycles. The van der Waals surface area contributed by atoms with Crippen LogP contribution in [-0.4, -0.2) is 34.7 Å². The number of aliphatic imine (C=N–C) groups is 1. The highest BCUT2D eigenvalue weighted by Gasteiger charge is 2.10. The molecule has 1 unspecified atom stereocenters. The molecule has 0 aromatic carbocycles. The molecular formula is C16H20N6OS. The number of thiophene rings is 1. The SMILES string of the molecule is CN=C(NCc1nc(-c2ccco2)n[nH]1)NCC(C)c1cccs1. The van der Waals surface area contributed by atoms with Crippen LogP contribution in [-0.2, 0) is 6.54 Å². The molecule has 0 aliphatic heterocycles. The summed E-state index contributed by atoms with van der Waals surface area (Å²) >= 11 is 1.77. The lowest BCUT2D eigenvalue weighted by atomic mass is 10.1. The minimum absolute atomic E-state index is 0.430. The number of hydrogen-bond acceptors (Lipinski definition) is 5. The molecule has 0 bridgehead atoms. The van der Waals surface area contributed by atoms with Crippen molar-refractivity contribution in [1.29, 1.82) is 0 Å². The summed E-state index contributed by atoms with van der Waals surface area (Å²) in [6.45, 7) is 3.51. The number of aromatic nitrogens is 3. The Labute approximate surface area is 144 Å². The van der Waals surface area contributed by atoms with Crippen LogP contribution in [0.1, 0.15) is 23.5 Å². The number of nitrogens with zero attached hydrogens (tertiary/aromatic N) is 3. The highest BCUT2D eigenvalue weighted by molar-refractivity contribution is 7.10. The van der Waals surface area contributed by atoms with E-state index >= 15 is 0 Å². The monoisotopic (exact) mass is 344 g/mol. The molecule has 8 heteroatoms. The highest BCUT2D eigenvalue weighted by atomic mass is 32.1. The van der Waals surface area contributed by atoms with Gasteiger partial charge in [0.2, 0.25) is 5.82 Å². The first-order valence-electron chi connectivity index (χ1n) is 7.69. The van der Waals surface area contributed by atoms with Crippen LogP contribution >= 0.6 is 11.3 Å². The number of nitrogens with one attached hydrogen (secondary N) is 3. The fraction of sp³-hybridized carbons (Fsp3) is 0.312. The molecule has 0 amide bonds. The fourth-order valence-corrected chi connectivity index (χ4v) is 2.99. The van der Waals surface area contributed by atoms with Gasteiger partial charge < -0.3 is 15.1 Å². The molecule has 3 N–H and O–H groups in total. The van der Waals surface area contributed by atoms with E-state index in [0.717, 1.165) is 18.3 Å². The Balaban J connectivity index is 1.49. The Morgan fingerprint density at radius 3 is 3.00 bits per heavy atom. The second-order valence-corrected chi connectivity index (χ2v) is 6.29. The largest absolute Gasteiger partial charge is 0.461 e. The van der Waals surface area contributed by atoms with Gasteiger partial charge in [-0.05, 0) is 23.6 Å². The van der Waals surface area contributed by atoms with Gasteiger partial charge in [0.25, 0.3) is 0 Å². The summed E-state index contributed by atoms with van der Waals surface area (Å²) in [5, 5.41) is 15.7. The fourth-order valence-electron chi connectivity index (χ4n) is 2.20. The normalized spacial score (nSPS) is 13.0. The summed E-state index contributed by atoms with van der Waals surface area (Å²) in [5.41, 5.74) is 0. The summed E-state index contributed by atoms with van der Waals surface area (Å²) in [5.74, 6) is 3.07. The third-order valence-electron chi connectivity index (χ3n) is 3.52. The standard InChI is InChI=1S/C16H20N6OS/c1-11(13-6-4-8-24-13)9-18-16(17-2)19-10-14-20-15(22-21-14)12-5-3-7-23-12/h3-8,11H,9-10H2,1-2H3,(H2,17,18,19)(H,20,21,22). The van der Waals surface area contributed by atoms with Crippen LogP contribution in [0.25, 0.3) is 11.6 Å². The van der Waals surface area contributed by atoms with Gasteiger partial charge in [-0.1, -0.05) is 13.0 Å². The van der Waals surface area contributed by atoms with Crippen molar-refractivity contribution in [2.45, 2.75) is 19.4 Å². The molecule has 24 heavy (non-hydrogen) atoms. The highest BCUT2D eigenvalue weighted by Crippen LogP contribution is 2.19. The van der Waals surface area contributed by atoms with Crippen molar-refractivity contribution in [2.75, 3.05) is 13.6 Å². The van der Waals surface area contributed by atoms with Crippen molar-refractivity contribution >= 4 is 17.3 Å². The minimum Gasteiger partial charge on any atom is -0.461 e. The molecule has 0 radical (unpaired) electrons. The lowest BCUT2D eigenvalue weighted by Gasteiger charge is -2.14. The molecule has 3 aromatic rings. The van der Waals surface area contributed by atoms with Crippen LogP contribution < -0.4 is 10.6 Å². The summed E-state index contributed by atoms with van der Waals surface area (Å²) in [6, 6.07) is 7.86. The Morgan fingerprint density at radius 2 is 2.29 bits per heavy atom. The maximum Gasteiger partial charge on any atom is 0.216 e. The van der Waals surface area contributed by atoms with Gasteiger partial charge in [-0.3, -0.25) is 10.1 Å². The molecule has 3 aromatic heterocycles. The summed E-state index contributed by atoms with van der Waals surface area (Å²) in [4.78, 5) is 9.98. The molecule has 0 aliphatic carbocycles. The number of H-pyrrole nitrogens is 1. The van der Waals surface area contributed by atoms with Crippen LogP contribution in [0.4, 0.5) is 0 Å². The predicted octanol–water partition coefficient (Wildman–Crippen LogP) is 2.59. The topological polar surface area (TPSA) is 91.1 Å². The van der Waals surface area contributed by atoms with Crippen LogP contribution in [0, 0.1) is 0 Å². The van der Waals surface area contributed by atoms with Gasteiger partial charge in [0.1, 0.15) is 5.82 Å². The van der Waals surface area contributed by atoms with E-state index in [9.17, 15) is 0 Å². The van der Waals surface area contributed by atoms with E-state index < -0.39 is 0 Å². The Bertz CT molecular complexity index is 762. The first-order chi connectivity index (χ1) is 11.8. The maximum atomic E-state index is 5.28. The van der Waals surface area contributed by atoms with E-state index in [-0.39, 0.29) is 0 Å². The lowest BCUT2D eigenvalue weighted by Crippen LogP contribution is -2.38. The number of furan rings is 1. The van der Waals surface area contributed by atoms with Crippen molar-refractivity contribution in [2.24, 2.45) is 4.99 Å². The number of rotatable bonds is 6. The molecule has 0 aliphatic rings. The number of hydrogen-bond donors (Lipinski definition) is 3. The third-order valence-corrected chi connectivity index (χ3v) is 4.63. The van der Waals surface area contributed by atoms with E-state index in [1.165, 1.54) is 4.88 Å². The van der Waals surface area contributed by atoms with Gasteiger partial charge in [0, 0.05) is 24.4 Å². The summed E-state index contributed by atoms with van der Waals surface area (Å²) in [6.07, 6.45) is 1.60. The number of guanidine groups is 1.